The summed E-state index contributed by atoms with van der Waals surface area (Å²) < 4.78 is 13.5. The molecule has 1 saturated heterocycles. The molecule has 1 aromatic heterocycles. The normalized spacial score (nSPS) is 19.1. The SMILES string of the molecule is O=C(O)CCCC(=O)Nc1ccc([C@@H]2O[C@H](CSc3cccc[n+]3[O-])C[C@H](c3ccc(CO)cc3)O2)cc1. The number of carboxylic acids is 1. The summed E-state index contributed by atoms with van der Waals surface area (Å²) in [5.74, 6) is -0.615. The van der Waals surface area contributed by atoms with Crippen molar-refractivity contribution in [1.82, 2.24) is 0 Å². The van der Waals surface area contributed by atoms with Crippen LogP contribution in [0.2, 0.25) is 0 Å². The molecule has 3 atom stereocenters. The Morgan fingerprint density at radius 3 is 2.42 bits per heavy atom. The van der Waals surface area contributed by atoms with Gasteiger partial charge in [0, 0.05) is 48.4 Å². The van der Waals surface area contributed by atoms with Crippen LogP contribution in [0.4, 0.5) is 5.69 Å². The van der Waals surface area contributed by atoms with Crippen molar-refractivity contribution in [2.75, 3.05) is 11.1 Å². The Morgan fingerprint density at radius 2 is 1.74 bits per heavy atom. The average Bonchev–Trinajstić information content (AvgIpc) is 2.92. The summed E-state index contributed by atoms with van der Waals surface area (Å²) in [6.07, 6.45) is 1.30. The molecule has 0 radical (unpaired) electrons. The molecule has 0 saturated carbocycles. The van der Waals surface area contributed by atoms with Crippen molar-refractivity contribution < 1.29 is 34.0 Å². The second-order valence-corrected chi connectivity index (χ2v) is 9.98. The fourth-order valence-corrected chi connectivity index (χ4v) is 5.01. The van der Waals surface area contributed by atoms with Crippen molar-refractivity contribution in [2.45, 2.75) is 55.8 Å². The number of benzene rings is 2. The maximum Gasteiger partial charge on any atom is 0.303 e. The number of carbonyl (C=O) groups is 2. The largest absolute Gasteiger partial charge is 0.618 e. The Morgan fingerprint density at radius 1 is 1.00 bits per heavy atom. The number of rotatable bonds is 11. The van der Waals surface area contributed by atoms with Gasteiger partial charge in [-0.25, -0.2) is 0 Å². The van der Waals surface area contributed by atoms with Crippen LogP contribution in [0, 0.1) is 5.21 Å². The minimum Gasteiger partial charge on any atom is -0.618 e. The van der Waals surface area contributed by atoms with Crippen LogP contribution in [0.15, 0.2) is 78.0 Å². The van der Waals surface area contributed by atoms with Crippen LogP contribution in [0.1, 0.15) is 54.8 Å². The molecule has 1 fully saturated rings. The number of aliphatic hydroxyl groups is 1. The molecule has 9 nitrogen and oxygen atoms in total. The van der Waals surface area contributed by atoms with Crippen molar-refractivity contribution in [3.63, 3.8) is 0 Å². The van der Waals surface area contributed by atoms with E-state index in [0.717, 1.165) is 21.4 Å². The van der Waals surface area contributed by atoms with Crippen LogP contribution >= 0.6 is 11.8 Å². The van der Waals surface area contributed by atoms with Crippen LogP contribution in [-0.4, -0.2) is 33.9 Å². The highest BCUT2D eigenvalue weighted by atomic mass is 32.2. The van der Waals surface area contributed by atoms with Gasteiger partial charge in [0.15, 0.2) is 12.5 Å². The number of amides is 1. The first-order chi connectivity index (χ1) is 18.4. The fourth-order valence-electron chi connectivity index (χ4n) is 4.07. The summed E-state index contributed by atoms with van der Waals surface area (Å²) in [6.45, 7) is -0.0362. The van der Waals surface area contributed by atoms with Gasteiger partial charge < -0.3 is 30.2 Å². The van der Waals surface area contributed by atoms with Gasteiger partial charge in [-0.05, 0) is 35.7 Å². The summed E-state index contributed by atoms with van der Waals surface area (Å²) in [5.41, 5.74) is 3.15. The Hall–Kier alpha value is -3.44. The number of carbonyl (C=O) groups excluding carboxylic acids is 1. The number of pyridine rings is 1. The molecule has 38 heavy (non-hydrogen) atoms. The first kappa shape index (κ1) is 27.6. The van der Waals surface area contributed by atoms with E-state index in [9.17, 15) is 19.9 Å². The third kappa shape index (κ3) is 7.78. The maximum atomic E-state index is 12.1. The third-order valence-corrected chi connectivity index (χ3v) is 7.23. The van der Waals surface area contributed by atoms with E-state index in [2.05, 4.69) is 5.32 Å². The molecule has 2 aromatic carbocycles. The van der Waals surface area contributed by atoms with Gasteiger partial charge in [-0.15, -0.1) is 0 Å². The van der Waals surface area contributed by atoms with Gasteiger partial charge in [0.1, 0.15) is 0 Å². The molecule has 0 bridgehead atoms. The van der Waals surface area contributed by atoms with E-state index in [1.807, 2.05) is 42.5 Å². The molecular formula is C28H30N2O7S. The molecule has 1 amide bonds. The van der Waals surface area contributed by atoms with Crippen LogP contribution < -0.4 is 10.0 Å². The van der Waals surface area contributed by atoms with E-state index in [0.29, 0.717) is 22.9 Å². The second kappa shape index (κ2) is 13.4. The van der Waals surface area contributed by atoms with Gasteiger partial charge in [0.25, 0.3) is 5.03 Å². The first-order valence-electron chi connectivity index (χ1n) is 12.3. The van der Waals surface area contributed by atoms with Crippen molar-refractivity contribution in [3.8, 4) is 0 Å². The number of anilines is 1. The lowest BCUT2D eigenvalue weighted by Crippen LogP contribution is -2.32. The molecule has 3 aromatic rings. The predicted molar refractivity (Wildman–Crippen MR) is 141 cm³/mol. The number of aromatic nitrogens is 1. The van der Waals surface area contributed by atoms with Crippen LogP contribution in [-0.2, 0) is 25.7 Å². The number of thioether (sulfide) groups is 1. The Kier molecular flexibility index (Phi) is 9.72. The van der Waals surface area contributed by atoms with E-state index in [-0.39, 0.29) is 44.0 Å². The lowest BCUT2D eigenvalue weighted by molar-refractivity contribution is -0.645. The summed E-state index contributed by atoms with van der Waals surface area (Å²) in [4.78, 5) is 22.7. The fraction of sp³-hybridized carbons (Fsp3) is 0.321. The summed E-state index contributed by atoms with van der Waals surface area (Å²) >= 11 is 1.42. The van der Waals surface area contributed by atoms with Gasteiger partial charge in [0.2, 0.25) is 5.91 Å². The highest BCUT2D eigenvalue weighted by Crippen LogP contribution is 2.39. The second-order valence-electron chi connectivity index (χ2n) is 8.94. The monoisotopic (exact) mass is 538 g/mol. The first-order valence-corrected chi connectivity index (χ1v) is 13.3. The highest BCUT2D eigenvalue weighted by molar-refractivity contribution is 7.99. The van der Waals surface area contributed by atoms with E-state index >= 15 is 0 Å². The number of hydrogen-bond acceptors (Lipinski definition) is 7. The van der Waals surface area contributed by atoms with Crippen molar-refractivity contribution in [1.29, 1.82) is 0 Å². The topological polar surface area (TPSA) is 132 Å². The van der Waals surface area contributed by atoms with E-state index in [1.165, 1.54) is 18.0 Å². The molecule has 2 heterocycles. The Bertz CT molecular complexity index is 1220. The van der Waals surface area contributed by atoms with E-state index in [1.54, 1.807) is 24.3 Å². The molecule has 3 N–H and O–H groups in total. The number of ether oxygens (including phenoxy) is 2. The minimum atomic E-state index is -0.926. The number of aliphatic hydroxyl groups excluding tert-OH is 1. The summed E-state index contributed by atoms with van der Waals surface area (Å²) in [6, 6.07) is 20.0. The van der Waals surface area contributed by atoms with Gasteiger partial charge >= 0.3 is 5.97 Å². The molecule has 1 aliphatic heterocycles. The Balaban J connectivity index is 1.45. The highest BCUT2D eigenvalue weighted by Gasteiger charge is 2.32. The zero-order valence-corrected chi connectivity index (χ0v) is 21.5. The molecular weight excluding hydrogens is 508 g/mol. The van der Waals surface area contributed by atoms with Crippen molar-refractivity contribution >= 4 is 29.3 Å². The maximum absolute atomic E-state index is 12.1. The molecule has 1 aliphatic rings. The zero-order valence-electron chi connectivity index (χ0n) is 20.7. The van der Waals surface area contributed by atoms with E-state index in [4.69, 9.17) is 14.6 Å². The van der Waals surface area contributed by atoms with Crippen LogP contribution in [0.25, 0.3) is 0 Å². The number of nitrogens with one attached hydrogen (secondary N) is 1. The molecule has 10 heteroatoms. The molecule has 200 valence electrons. The quantitative estimate of drug-likeness (QED) is 0.187. The number of aliphatic carboxylic acids is 1. The number of carboxylic acid groups (broad SMARTS) is 1. The van der Waals surface area contributed by atoms with E-state index < -0.39 is 12.3 Å². The predicted octanol–water partition coefficient (Wildman–Crippen LogP) is 4.34. The molecule has 4 rings (SSSR count). The third-order valence-electron chi connectivity index (χ3n) is 6.08. The number of hydrogen-bond donors (Lipinski definition) is 3. The minimum absolute atomic E-state index is 0.0362. The van der Waals surface area contributed by atoms with Crippen LogP contribution in [0.5, 0.6) is 0 Å². The summed E-state index contributed by atoms with van der Waals surface area (Å²) in [5, 5.41) is 33.5. The van der Waals surface area contributed by atoms with Gasteiger partial charge in [-0.1, -0.05) is 48.2 Å². The smallest absolute Gasteiger partial charge is 0.303 e. The number of nitrogens with zero attached hydrogens (tertiary/aromatic N) is 1. The summed E-state index contributed by atoms with van der Waals surface area (Å²) in [7, 11) is 0. The standard InChI is InChI=1S/C28H30N2O7S/c31-17-19-7-9-20(10-8-19)24-16-23(18-38-26-5-1-2-15-30(26)35)36-28(37-24)21-11-13-22(14-12-21)29-25(32)4-3-6-27(33)34/h1-2,5,7-15,23-24,28,31H,3-4,6,16-18H2,(H,29,32)(H,33,34)/t23-,24+,28+/m0/s1. The van der Waals surface area contributed by atoms with Gasteiger partial charge in [-0.2, -0.15) is 4.73 Å². The van der Waals surface area contributed by atoms with Crippen LogP contribution in [0.3, 0.4) is 0 Å². The van der Waals surface area contributed by atoms with Gasteiger partial charge in [0.05, 0.1) is 18.8 Å². The lowest BCUT2D eigenvalue weighted by atomic mass is 10.0. The van der Waals surface area contributed by atoms with Crippen molar-refractivity contribution in [3.05, 3.63) is 94.8 Å². The molecule has 0 unspecified atom stereocenters. The zero-order chi connectivity index (χ0) is 26.9. The van der Waals surface area contributed by atoms with Crippen molar-refractivity contribution in [2.24, 2.45) is 0 Å². The Labute approximate surface area is 225 Å². The molecule has 0 spiro atoms. The van der Waals surface area contributed by atoms with Gasteiger partial charge in [-0.3, -0.25) is 9.59 Å². The lowest BCUT2D eigenvalue weighted by Gasteiger charge is -2.36. The average molecular weight is 539 g/mol. The molecule has 0 aliphatic carbocycles.